The fraction of sp³-hybridized carbons (Fsp3) is 0.882. The number of aliphatic carboxylic acids is 1. The molecule has 0 aliphatic rings. The van der Waals surface area contributed by atoms with Gasteiger partial charge < -0.3 is 39.9 Å². The van der Waals surface area contributed by atoms with Crippen LogP contribution in [0.25, 0.3) is 0 Å². The Morgan fingerprint density at radius 1 is 0.862 bits per heavy atom. The van der Waals surface area contributed by atoms with Gasteiger partial charge in [-0.1, -0.05) is 0 Å². The number of rotatable bonds is 19. The molecule has 0 bridgehead atoms. The van der Waals surface area contributed by atoms with Crippen molar-refractivity contribution in [3.05, 3.63) is 0 Å². The average Bonchev–Trinajstić information content (AvgIpc) is 2.67. The molecule has 0 amide bonds. The highest BCUT2D eigenvalue weighted by Gasteiger charge is 2.38. The van der Waals surface area contributed by atoms with Gasteiger partial charge in [-0.25, -0.2) is 4.79 Å². The number of hydrogen-bond acceptors (Lipinski definition) is 8. The van der Waals surface area contributed by atoms with Gasteiger partial charge in [0.25, 0.3) is 0 Å². The van der Waals surface area contributed by atoms with Gasteiger partial charge in [0, 0.05) is 19.8 Å². The van der Waals surface area contributed by atoms with Crippen LogP contribution >= 0.6 is 0 Å². The maximum Gasteiger partial charge on any atom is 0.490 e. The molecule has 0 heterocycles. The normalized spacial score (nSPS) is 11.0. The number of aldehydes is 1. The van der Waals surface area contributed by atoms with E-state index in [-0.39, 0.29) is 6.61 Å². The van der Waals surface area contributed by atoms with E-state index in [0.717, 1.165) is 58.5 Å². The van der Waals surface area contributed by atoms with Crippen LogP contribution in [0.4, 0.5) is 13.2 Å². The maximum atomic E-state index is 10.6. The van der Waals surface area contributed by atoms with Crippen molar-refractivity contribution in [2.75, 3.05) is 72.5 Å². The Hall–Kier alpha value is -1.31. The molecule has 12 heteroatoms. The van der Waals surface area contributed by atoms with Crippen molar-refractivity contribution < 1.29 is 46.8 Å². The summed E-state index contributed by atoms with van der Waals surface area (Å²) in [6.45, 7) is 7.09. The molecule has 0 saturated carbocycles. The van der Waals surface area contributed by atoms with E-state index in [1.807, 2.05) is 0 Å². The molecule has 0 fully saturated rings. The fourth-order valence-electron chi connectivity index (χ4n) is 1.58. The minimum atomic E-state index is -5.08. The standard InChI is InChI=1S/C15H32N2O5.C2HF3O2/c16-4-1-8-19-9-2-5-17-6-3-10-20-12-14-22-15-13-21-11-7-18;3-2(4,5)1(6)7/h7,17H,1-6,8-16H2;(H,6,7). The summed E-state index contributed by atoms with van der Waals surface area (Å²) in [6, 6.07) is 0. The van der Waals surface area contributed by atoms with Crippen LogP contribution in [0.15, 0.2) is 0 Å². The zero-order chi connectivity index (χ0) is 22.2. The lowest BCUT2D eigenvalue weighted by atomic mass is 10.4. The number of carbonyl (C=O) groups is 2. The predicted molar refractivity (Wildman–Crippen MR) is 98.8 cm³/mol. The van der Waals surface area contributed by atoms with E-state index >= 15 is 0 Å². The lowest BCUT2D eigenvalue weighted by molar-refractivity contribution is -0.192. The number of hydrogen-bond donors (Lipinski definition) is 3. The second-order valence-corrected chi connectivity index (χ2v) is 5.48. The molecule has 0 atom stereocenters. The third kappa shape index (κ3) is 29.0. The zero-order valence-electron chi connectivity index (χ0n) is 16.6. The van der Waals surface area contributed by atoms with Crippen molar-refractivity contribution in [2.24, 2.45) is 5.73 Å². The first-order valence-electron chi connectivity index (χ1n) is 9.31. The Morgan fingerprint density at radius 2 is 1.28 bits per heavy atom. The smallest absolute Gasteiger partial charge is 0.475 e. The molecular formula is C17H33F3N2O7. The van der Waals surface area contributed by atoms with Gasteiger partial charge in [0.2, 0.25) is 0 Å². The van der Waals surface area contributed by atoms with E-state index in [1.54, 1.807) is 0 Å². The maximum absolute atomic E-state index is 10.6. The van der Waals surface area contributed by atoms with Gasteiger partial charge in [0.15, 0.2) is 0 Å². The molecule has 29 heavy (non-hydrogen) atoms. The number of carboxylic acids is 1. The molecule has 4 N–H and O–H groups in total. The second-order valence-electron chi connectivity index (χ2n) is 5.48. The Kier molecular flexibility index (Phi) is 23.7. The number of alkyl halides is 3. The van der Waals surface area contributed by atoms with Crippen LogP contribution in [-0.4, -0.2) is 96.0 Å². The molecule has 174 valence electrons. The molecule has 0 aliphatic heterocycles. The lowest BCUT2D eigenvalue weighted by Crippen LogP contribution is -2.21. The molecular weight excluding hydrogens is 401 g/mol. The number of nitrogens with one attached hydrogen (secondary N) is 1. The van der Waals surface area contributed by atoms with Gasteiger partial charge in [-0.15, -0.1) is 0 Å². The molecule has 0 aromatic heterocycles. The highest BCUT2D eigenvalue weighted by Crippen LogP contribution is 2.13. The molecule has 0 aliphatic carbocycles. The van der Waals surface area contributed by atoms with Crippen LogP contribution < -0.4 is 11.1 Å². The third-order valence-corrected chi connectivity index (χ3v) is 2.95. The van der Waals surface area contributed by atoms with Crippen LogP contribution in [0.2, 0.25) is 0 Å². The fourth-order valence-corrected chi connectivity index (χ4v) is 1.58. The van der Waals surface area contributed by atoms with Crippen LogP contribution in [0.3, 0.4) is 0 Å². The molecule has 9 nitrogen and oxygen atoms in total. The predicted octanol–water partition coefficient (Wildman–Crippen LogP) is 0.604. The molecule has 0 spiro atoms. The van der Waals surface area contributed by atoms with E-state index in [9.17, 15) is 18.0 Å². The highest BCUT2D eigenvalue weighted by atomic mass is 19.4. The summed E-state index contributed by atoms with van der Waals surface area (Å²) in [4.78, 5) is 18.9. The molecule has 0 rings (SSSR count). The quantitative estimate of drug-likeness (QED) is 0.198. The van der Waals surface area contributed by atoms with Crippen molar-refractivity contribution in [1.29, 1.82) is 0 Å². The van der Waals surface area contributed by atoms with Gasteiger partial charge >= 0.3 is 12.1 Å². The lowest BCUT2D eigenvalue weighted by Gasteiger charge is -2.07. The first kappa shape index (κ1) is 29.9. The molecule has 0 aromatic carbocycles. The van der Waals surface area contributed by atoms with Crippen molar-refractivity contribution >= 4 is 12.3 Å². The zero-order valence-corrected chi connectivity index (χ0v) is 16.6. The van der Waals surface area contributed by atoms with Gasteiger partial charge in [-0.3, -0.25) is 0 Å². The Labute approximate surface area is 169 Å². The van der Waals surface area contributed by atoms with E-state index in [1.165, 1.54) is 0 Å². The van der Waals surface area contributed by atoms with E-state index in [0.29, 0.717) is 33.0 Å². The highest BCUT2D eigenvalue weighted by molar-refractivity contribution is 5.73. The summed E-state index contributed by atoms with van der Waals surface area (Å²) in [5.41, 5.74) is 5.37. The van der Waals surface area contributed by atoms with Crippen LogP contribution in [0.5, 0.6) is 0 Å². The van der Waals surface area contributed by atoms with Gasteiger partial charge in [-0.2, -0.15) is 13.2 Å². The minimum Gasteiger partial charge on any atom is -0.475 e. The summed E-state index contributed by atoms with van der Waals surface area (Å²) in [5, 5.41) is 10.5. The third-order valence-electron chi connectivity index (χ3n) is 2.95. The summed E-state index contributed by atoms with van der Waals surface area (Å²) < 4.78 is 52.8. The number of ether oxygens (including phenoxy) is 4. The van der Waals surface area contributed by atoms with Crippen molar-refractivity contribution in [3.8, 4) is 0 Å². The van der Waals surface area contributed by atoms with Crippen LogP contribution in [0.1, 0.15) is 19.3 Å². The molecule has 0 aromatic rings. The van der Waals surface area contributed by atoms with Gasteiger partial charge in [-0.05, 0) is 38.9 Å². The summed E-state index contributed by atoms with van der Waals surface area (Å²) in [6.07, 6.45) is -1.42. The largest absolute Gasteiger partial charge is 0.490 e. The van der Waals surface area contributed by atoms with Crippen LogP contribution in [0, 0.1) is 0 Å². The van der Waals surface area contributed by atoms with Gasteiger partial charge in [0.1, 0.15) is 12.9 Å². The number of carboxylic acid groups (broad SMARTS) is 1. The topological polar surface area (TPSA) is 129 Å². The summed E-state index contributed by atoms with van der Waals surface area (Å²) >= 11 is 0. The van der Waals surface area contributed by atoms with E-state index in [2.05, 4.69) is 5.32 Å². The minimum absolute atomic E-state index is 0.132. The molecule has 0 radical (unpaired) electrons. The Morgan fingerprint density at radius 3 is 1.72 bits per heavy atom. The number of carbonyl (C=O) groups excluding carboxylic acids is 1. The first-order chi connectivity index (χ1) is 13.9. The van der Waals surface area contributed by atoms with Gasteiger partial charge in [0.05, 0.1) is 26.4 Å². The Balaban J connectivity index is 0. The Bertz CT molecular complexity index is 375. The van der Waals surface area contributed by atoms with Crippen molar-refractivity contribution in [1.82, 2.24) is 5.32 Å². The number of halogens is 3. The van der Waals surface area contributed by atoms with Crippen molar-refractivity contribution in [2.45, 2.75) is 25.4 Å². The average molecular weight is 434 g/mol. The SMILES string of the molecule is NCCCOCCCNCCCOCCOCCOCC=O.O=C(O)C(F)(F)F. The first-order valence-corrected chi connectivity index (χ1v) is 9.31. The van der Waals surface area contributed by atoms with Crippen molar-refractivity contribution in [3.63, 3.8) is 0 Å². The molecule has 0 saturated heterocycles. The second kappa shape index (κ2) is 23.0. The monoisotopic (exact) mass is 434 g/mol. The number of nitrogens with two attached hydrogens (primary N) is 1. The summed E-state index contributed by atoms with van der Waals surface area (Å²) in [7, 11) is 0. The molecule has 0 unspecified atom stereocenters. The van der Waals surface area contributed by atoms with Crippen LogP contribution in [-0.2, 0) is 28.5 Å². The summed E-state index contributed by atoms with van der Waals surface area (Å²) in [5.74, 6) is -2.76. The van der Waals surface area contributed by atoms with E-state index in [4.69, 9.17) is 34.6 Å². The van der Waals surface area contributed by atoms with E-state index < -0.39 is 12.1 Å².